The number of rotatable bonds is 8. The molecule has 0 saturated heterocycles. The van der Waals surface area contributed by atoms with Crippen LogP contribution in [0.15, 0.2) is 6.07 Å². The van der Waals surface area contributed by atoms with Gasteiger partial charge in [-0.3, -0.25) is 4.79 Å². The highest BCUT2D eigenvalue weighted by Gasteiger charge is 2.28. The molecule has 0 atom stereocenters. The summed E-state index contributed by atoms with van der Waals surface area (Å²) in [6.07, 6.45) is 3.84. The molecule has 5 N–H and O–H groups in total. The van der Waals surface area contributed by atoms with Crippen LogP contribution in [0.2, 0.25) is 0 Å². The third kappa shape index (κ3) is 4.34. The van der Waals surface area contributed by atoms with Gasteiger partial charge in [0.2, 0.25) is 5.91 Å². The fourth-order valence-corrected chi connectivity index (χ4v) is 1.86. The second-order valence-corrected chi connectivity index (χ2v) is 4.94. The van der Waals surface area contributed by atoms with Gasteiger partial charge < -0.3 is 16.1 Å². The summed E-state index contributed by atoms with van der Waals surface area (Å²) in [7, 11) is 0. The lowest BCUT2D eigenvalue weighted by Crippen LogP contribution is -2.30. The molecule has 110 valence electrons. The molecule has 0 radical (unpaired) electrons. The van der Waals surface area contributed by atoms with Gasteiger partial charge in [0.25, 0.3) is 0 Å². The Bertz CT molecular complexity index is 460. The number of hydrazine groups is 1. The smallest absolute Gasteiger partial charge is 0.223 e. The minimum Gasteiger partial charge on any atom is -0.368 e. The van der Waals surface area contributed by atoms with E-state index in [1.54, 1.807) is 6.07 Å². The second-order valence-electron chi connectivity index (χ2n) is 4.94. The van der Waals surface area contributed by atoms with Crippen LogP contribution in [-0.2, 0) is 11.2 Å². The number of aryl methyl sites for hydroxylation is 1. The summed E-state index contributed by atoms with van der Waals surface area (Å²) in [5, 5.41) is 6.07. The SMILES string of the molecule is CCCc1nc(NN)cc(NCCNC(=O)C2CC2)n1. The van der Waals surface area contributed by atoms with Gasteiger partial charge >= 0.3 is 0 Å². The predicted molar refractivity (Wildman–Crippen MR) is 78.1 cm³/mol. The van der Waals surface area contributed by atoms with Gasteiger partial charge in [-0.2, -0.15) is 0 Å². The maximum atomic E-state index is 11.5. The molecule has 1 aromatic heterocycles. The zero-order valence-electron chi connectivity index (χ0n) is 11.8. The molecule has 1 saturated carbocycles. The van der Waals surface area contributed by atoms with E-state index in [-0.39, 0.29) is 11.8 Å². The van der Waals surface area contributed by atoms with Crippen LogP contribution in [0.4, 0.5) is 11.6 Å². The van der Waals surface area contributed by atoms with Crippen molar-refractivity contribution in [3.05, 3.63) is 11.9 Å². The molecular weight excluding hydrogens is 256 g/mol. The predicted octanol–water partition coefficient (Wildman–Crippen LogP) is 0.653. The number of carbonyl (C=O) groups is 1. The Balaban J connectivity index is 1.81. The Morgan fingerprint density at radius 2 is 2.10 bits per heavy atom. The maximum absolute atomic E-state index is 11.5. The molecule has 0 unspecified atom stereocenters. The Morgan fingerprint density at radius 3 is 2.75 bits per heavy atom. The van der Waals surface area contributed by atoms with Crippen molar-refractivity contribution in [3.8, 4) is 0 Å². The summed E-state index contributed by atoms with van der Waals surface area (Å²) in [4.78, 5) is 20.1. The van der Waals surface area contributed by atoms with E-state index in [2.05, 4.69) is 33.0 Å². The highest BCUT2D eigenvalue weighted by molar-refractivity contribution is 5.80. The molecule has 0 aliphatic heterocycles. The van der Waals surface area contributed by atoms with Gasteiger partial charge in [-0.05, 0) is 19.3 Å². The van der Waals surface area contributed by atoms with Crippen molar-refractivity contribution in [2.75, 3.05) is 23.8 Å². The summed E-state index contributed by atoms with van der Waals surface area (Å²) >= 11 is 0. The van der Waals surface area contributed by atoms with E-state index in [0.717, 1.165) is 37.3 Å². The number of nitrogens with zero attached hydrogens (tertiary/aromatic N) is 2. The van der Waals surface area contributed by atoms with Crippen molar-refractivity contribution in [2.24, 2.45) is 11.8 Å². The fraction of sp³-hybridized carbons (Fsp3) is 0.615. The maximum Gasteiger partial charge on any atom is 0.223 e. The lowest BCUT2D eigenvalue weighted by atomic mass is 10.3. The van der Waals surface area contributed by atoms with Gasteiger partial charge in [0.05, 0.1) is 0 Å². The number of aromatic nitrogens is 2. The fourth-order valence-electron chi connectivity index (χ4n) is 1.86. The van der Waals surface area contributed by atoms with E-state index < -0.39 is 0 Å². The van der Waals surface area contributed by atoms with E-state index in [4.69, 9.17) is 5.84 Å². The molecule has 20 heavy (non-hydrogen) atoms. The molecular formula is C13H22N6O. The van der Waals surface area contributed by atoms with Crippen LogP contribution in [0.1, 0.15) is 32.0 Å². The van der Waals surface area contributed by atoms with E-state index in [1.807, 2.05) is 0 Å². The van der Waals surface area contributed by atoms with Crippen LogP contribution in [0.25, 0.3) is 0 Å². The van der Waals surface area contributed by atoms with Crippen molar-refractivity contribution < 1.29 is 4.79 Å². The molecule has 1 fully saturated rings. The number of anilines is 2. The van der Waals surface area contributed by atoms with Gasteiger partial charge in [0, 0.05) is 31.5 Å². The number of nitrogens with two attached hydrogens (primary N) is 1. The number of nitrogen functional groups attached to an aromatic ring is 1. The molecule has 7 heteroatoms. The summed E-state index contributed by atoms with van der Waals surface area (Å²) in [6, 6.07) is 1.75. The van der Waals surface area contributed by atoms with Crippen molar-refractivity contribution in [2.45, 2.75) is 32.6 Å². The van der Waals surface area contributed by atoms with Crippen LogP contribution in [-0.4, -0.2) is 29.0 Å². The van der Waals surface area contributed by atoms with E-state index in [1.165, 1.54) is 0 Å². The molecule has 1 aromatic rings. The van der Waals surface area contributed by atoms with Crippen LogP contribution >= 0.6 is 0 Å². The normalized spacial score (nSPS) is 13.9. The van der Waals surface area contributed by atoms with Crippen LogP contribution < -0.4 is 21.9 Å². The molecule has 0 spiro atoms. The monoisotopic (exact) mass is 278 g/mol. The minimum absolute atomic E-state index is 0.158. The molecule has 7 nitrogen and oxygen atoms in total. The first-order valence-corrected chi connectivity index (χ1v) is 7.09. The first-order valence-electron chi connectivity index (χ1n) is 7.09. The second kappa shape index (κ2) is 7.04. The first-order chi connectivity index (χ1) is 9.72. The summed E-state index contributed by atoms with van der Waals surface area (Å²) in [6.45, 7) is 3.30. The molecule has 1 aliphatic rings. The van der Waals surface area contributed by atoms with E-state index >= 15 is 0 Å². The van der Waals surface area contributed by atoms with Gasteiger partial charge in [0.15, 0.2) is 0 Å². The standard InChI is InChI=1S/C13H22N6O/c1-2-3-10-17-11(8-12(18-10)19-14)15-6-7-16-13(20)9-4-5-9/h8-9H,2-7,14H2,1H3,(H,16,20)(H2,15,17,18,19). The van der Waals surface area contributed by atoms with Crippen LogP contribution in [0.3, 0.4) is 0 Å². The Labute approximate surface area is 118 Å². The number of carbonyl (C=O) groups excluding carboxylic acids is 1. The molecule has 0 aromatic carbocycles. The highest BCUT2D eigenvalue weighted by atomic mass is 16.2. The van der Waals surface area contributed by atoms with E-state index in [9.17, 15) is 4.79 Å². The minimum atomic E-state index is 0.158. The lowest BCUT2D eigenvalue weighted by Gasteiger charge is -2.10. The Hall–Kier alpha value is -1.89. The van der Waals surface area contributed by atoms with Crippen LogP contribution in [0.5, 0.6) is 0 Å². The zero-order valence-corrected chi connectivity index (χ0v) is 11.8. The van der Waals surface area contributed by atoms with Gasteiger partial charge in [0.1, 0.15) is 17.5 Å². The summed E-state index contributed by atoms with van der Waals surface area (Å²) in [5.74, 6) is 7.87. The number of amides is 1. The zero-order chi connectivity index (χ0) is 14.4. The van der Waals surface area contributed by atoms with Gasteiger partial charge in [-0.25, -0.2) is 15.8 Å². The number of hydrogen-bond acceptors (Lipinski definition) is 6. The third-order valence-electron chi connectivity index (χ3n) is 3.07. The van der Waals surface area contributed by atoms with E-state index in [0.29, 0.717) is 18.9 Å². The Morgan fingerprint density at radius 1 is 1.35 bits per heavy atom. The topological polar surface area (TPSA) is 105 Å². The highest BCUT2D eigenvalue weighted by Crippen LogP contribution is 2.28. The number of nitrogens with one attached hydrogen (secondary N) is 3. The largest absolute Gasteiger partial charge is 0.368 e. The quantitative estimate of drug-likeness (QED) is 0.316. The van der Waals surface area contributed by atoms with Gasteiger partial charge in [-0.1, -0.05) is 6.92 Å². The molecule has 0 bridgehead atoms. The average Bonchev–Trinajstić information content (AvgIpc) is 3.28. The molecule has 1 amide bonds. The molecule has 1 heterocycles. The summed E-state index contributed by atoms with van der Waals surface area (Å²) < 4.78 is 0. The van der Waals surface area contributed by atoms with Crippen molar-refractivity contribution >= 4 is 17.5 Å². The first kappa shape index (κ1) is 14.5. The van der Waals surface area contributed by atoms with Crippen molar-refractivity contribution in [1.82, 2.24) is 15.3 Å². The molecule has 1 aliphatic carbocycles. The third-order valence-corrected chi connectivity index (χ3v) is 3.07. The van der Waals surface area contributed by atoms with Crippen molar-refractivity contribution in [1.29, 1.82) is 0 Å². The number of hydrogen-bond donors (Lipinski definition) is 4. The molecule has 2 rings (SSSR count). The van der Waals surface area contributed by atoms with Crippen molar-refractivity contribution in [3.63, 3.8) is 0 Å². The van der Waals surface area contributed by atoms with Gasteiger partial charge in [-0.15, -0.1) is 0 Å². The Kier molecular flexibility index (Phi) is 5.11. The average molecular weight is 278 g/mol. The lowest BCUT2D eigenvalue weighted by molar-refractivity contribution is -0.122. The summed E-state index contributed by atoms with van der Waals surface area (Å²) in [5.41, 5.74) is 2.54. The van der Waals surface area contributed by atoms with Crippen LogP contribution in [0, 0.1) is 5.92 Å².